The molecule has 0 saturated carbocycles. The zero-order chi connectivity index (χ0) is 14.5. The van der Waals surface area contributed by atoms with E-state index >= 15 is 0 Å². The van der Waals surface area contributed by atoms with E-state index in [1.54, 1.807) is 0 Å². The highest BCUT2D eigenvalue weighted by Gasteiger charge is 2.21. The second kappa shape index (κ2) is 7.08. The third kappa shape index (κ3) is 6.76. The average Bonchev–Trinajstić information content (AvgIpc) is 2.28. The molecule has 1 aromatic rings. The average molecular weight is 301 g/mol. The van der Waals surface area contributed by atoms with Gasteiger partial charge in [0.1, 0.15) is 0 Å². The van der Waals surface area contributed by atoms with E-state index in [9.17, 15) is 0 Å². The maximum atomic E-state index is 5.84. The summed E-state index contributed by atoms with van der Waals surface area (Å²) in [5.41, 5.74) is 1.14. The summed E-state index contributed by atoms with van der Waals surface area (Å²) in [7, 11) is 4.32. The zero-order valence-corrected chi connectivity index (χ0v) is 13.6. The molecule has 106 valence electrons. The summed E-state index contributed by atoms with van der Waals surface area (Å²) >= 11 is 11.1. The van der Waals surface area contributed by atoms with Gasteiger partial charge in [0.2, 0.25) is 0 Å². The molecule has 0 aliphatic carbocycles. The highest BCUT2D eigenvalue weighted by molar-refractivity contribution is 7.80. The summed E-state index contributed by atoms with van der Waals surface area (Å²) in [5.74, 6) is 0. The molecule has 0 amide bonds. The molecule has 0 aromatic heterocycles. The van der Waals surface area contributed by atoms with Crippen LogP contribution in [-0.4, -0.2) is 32.3 Å². The maximum absolute atomic E-state index is 5.84. The number of halogens is 1. The second-order valence-electron chi connectivity index (χ2n) is 5.86. The molecule has 0 atom stereocenters. The number of hydrogen-bond acceptors (Lipinski definition) is 1. The van der Waals surface area contributed by atoms with Crippen molar-refractivity contribution in [2.45, 2.75) is 13.8 Å². The first-order chi connectivity index (χ1) is 8.78. The van der Waals surface area contributed by atoms with Gasteiger partial charge >= 0.3 is 0 Å². The van der Waals surface area contributed by atoms with Crippen LogP contribution in [-0.2, 0) is 0 Å². The Labute approximate surface area is 126 Å². The fourth-order valence-electron chi connectivity index (χ4n) is 2.05. The van der Waals surface area contributed by atoms with Gasteiger partial charge in [0.05, 0.1) is 20.6 Å². The number of rotatable bonds is 5. The minimum Gasteiger partial charge on any atom is -0.362 e. The van der Waals surface area contributed by atoms with Crippen LogP contribution in [0.2, 0.25) is 5.02 Å². The summed E-state index contributed by atoms with van der Waals surface area (Å²) < 4.78 is 0. The van der Waals surface area contributed by atoms with Crippen LogP contribution in [0.3, 0.4) is 0 Å². The first-order valence-corrected chi connectivity index (χ1v) is 7.16. The third-order valence-electron chi connectivity index (χ3n) is 2.66. The SMILES string of the molecule is C[NH+](C)CC(C)(C)CNC(=S)Nc1ccc(Cl)cc1. The number of hydrogen-bond donors (Lipinski definition) is 3. The third-order valence-corrected chi connectivity index (χ3v) is 3.16. The molecule has 0 saturated heterocycles. The number of benzene rings is 1. The largest absolute Gasteiger partial charge is 0.362 e. The monoisotopic (exact) mass is 300 g/mol. The molecular formula is C14H23ClN3S+. The Balaban J connectivity index is 2.41. The van der Waals surface area contributed by atoms with Crippen LogP contribution in [0, 0.1) is 5.41 Å². The molecule has 5 heteroatoms. The van der Waals surface area contributed by atoms with Crippen molar-refractivity contribution in [2.75, 3.05) is 32.5 Å². The van der Waals surface area contributed by atoms with Crippen LogP contribution in [0.25, 0.3) is 0 Å². The van der Waals surface area contributed by atoms with Gasteiger partial charge in [-0.3, -0.25) is 0 Å². The molecular weight excluding hydrogens is 278 g/mol. The van der Waals surface area contributed by atoms with Crippen molar-refractivity contribution in [1.82, 2.24) is 5.32 Å². The Morgan fingerprint density at radius 3 is 2.37 bits per heavy atom. The molecule has 1 rings (SSSR count). The summed E-state index contributed by atoms with van der Waals surface area (Å²) in [4.78, 5) is 1.43. The molecule has 3 N–H and O–H groups in total. The van der Waals surface area contributed by atoms with E-state index < -0.39 is 0 Å². The lowest BCUT2D eigenvalue weighted by atomic mass is 9.93. The van der Waals surface area contributed by atoms with Crippen LogP contribution in [0.5, 0.6) is 0 Å². The summed E-state index contributed by atoms with van der Waals surface area (Å²) in [6, 6.07) is 7.49. The molecule has 0 heterocycles. The first-order valence-electron chi connectivity index (χ1n) is 6.38. The van der Waals surface area contributed by atoms with Gasteiger partial charge in [-0.15, -0.1) is 0 Å². The Morgan fingerprint density at radius 2 is 1.84 bits per heavy atom. The molecule has 0 aliphatic heterocycles. The normalized spacial score (nSPS) is 11.5. The fraction of sp³-hybridized carbons (Fsp3) is 0.500. The fourth-order valence-corrected chi connectivity index (χ4v) is 2.36. The van der Waals surface area contributed by atoms with Crippen molar-refractivity contribution < 1.29 is 4.90 Å². The second-order valence-corrected chi connectivity index (χ2v) is 6.71. The van der Waals surface area contributed by atoms with Gasteiger partial charge in [0, 0.05) is 22.7 Å². The van der Waals surface area contributed by atoms with Crippen LogP contribution in [0.1, 0.15) is 13.8 Å². The predicted molar refractivity (Wildman–Crippen MR) is 87.1 cm³/mol. The Bertz CT molecular complexity index is 415. The van der Waals surface area contributed by atoms with E-state index in [-0.39, 0.29) is 5.41 Å². The van der Waals surface area contributed by atoms with Crippen molar-refractivity contribution in [2.24, 2.45) is 5.41 Å². The van der Waals surface area contributed by atoms with Gasteiger partial charge in [0.25, 0.3) is 0 Å². The quantitative estimate of drug-likeness (QED) is 0.724. The zero-order valence-electron chi connectivity index (χ0n) is 12.0. The van der Waals surface area contributed by atoms with Crippen molar-refractivity contribution in [3.8, 4) is 0 Å². The number of quaternary nitrogens is 1. The molecule has 0 bridgehead atoms. The first kappa shape index (κ1) is 16.2. The Hall–Kier alpha value is -0.840. The molecule has 0 aliphatic rings. The van der Waals surface area contributed by atoms with E-state index in [2.05, 4.69) is 38.6 Å². The van der Waals surface area contributed by atoms with Crippen molar-refractivity contribution in [3.63, 3.8) is 0 Å². The van der Waals surface area contributed by atoms with Crippen LogP contribution < -0.4 is 15.5 Å². The predicted octanol–water partition coefficient (Wildman–Crippen LogP) is 1.80. The molecule has 0 radical (unpaired) electrons. The van der Waals surface area contributed by atoms with Crippen molar-refractivity contribution in [1.29, 1.82) is 0 Å². The van der Waals surface area contributed by atoms with Gasteiger partial charge in [-0.25, -0.2) is 0 Å². The molecule has 3 nitrogen and oxygen atoms in total. The number of thiocarbonyl (C=S) groups is 1. The minimum atomic E-state index is 0.199. The van der Waals surface area contributed by atoms with E-state index in [1.165, 1.54) is 4.90 Å². The highest BCUT2D eigenvalue weighted by Crippen LogP contribution is 2.14. The molecule has 19 heavy (non-hydrogen) atoms. The number of anilines is 1. The van der Waals surface area contributed by atoms with E-state index in [0.717, 1.165) is 23.8 Å². The van der Waals surface area contributed by atoms with Gasteiger partial charge in [-0.1, -0.05) is 25.4 Å². The van der Waals surface area contributed by atoms with Crippen molar-refractivity contribution >= 4 is 34.6 Å². The van der Waals surface area contributed by atoms with Crippen molar-refractivity contribution in [3.05, 3.63) is 29.3 Å². The van der Waals surface area contributed by atoms with E-state index in [0.29, 0.717) is 5.11 Å². The minimum absolute atomic E-state index is 0.199. The molecule has 0 unspecified atom stereocenters. The summed E-state index contributed by atoms with van der Waals surface area (Å²) in [6.45, 7) is 6.40. The van der Waals surface area contributed by atoms with Gasteiger partial charge in [0.15, 0.2) is 5.11 Å². The van der Waals surface area contributed by atoms with E-state index in [4.69, 9.17) is 23.8 Å². The smallest absolute Gasteiger partial charge is 0.170 e. The Morgan fingerprint density at radius 1 is 1.26 bits per heavy atom. The molecule has 0 spiro atoms. The topological polar surface area (TPSA) is 28.5 Å². The standard InChI is InChI=1S/C14H22ClN3S/c1-14(2,10-18(3)4)9-16-13(19)17-12-7-5-11(15)6-8-12/h5-8H,9-10H2,1-4H3,(H2,16,17,19)/p+1. The van der Waals surface area contributed by atoms with Crippen LogP contribution in [0.15, 0.2) is 24.3 Å². The molecule has 0 fully saturated rings. The highest BCUT2D eigenvalue weighted by atomic mass is 35.5. The maximum Gasteiger partial charge on any atom is 0.170 e. The Kier molecular flexibility index (Phi) is 6.04. The summed E-state index contributed by atoms with van der Waals surface area (Å²) in [5, 5.41) is 7.78. The lowest BCUT2D eigenvalue weighted by Crippen LogP contribution is -3.07. The number of nitrogens with one attached hydrogen (secondary N) is 3. The van der Waals surface area contributed by atoms with Gasteiger partial charge in [-0.05, 0) is 36.5 Å². The van der Waals surface area contributed by atoms with Crippen LogP contribution >= 0.6 is 23.8 Å². The van der Waals surface area contributed by atoms with Crippen LogP contribution in [0.4, 0.5) is 5.69 Å². The lowest BCUT2D eigenvalue weighted by Gasteiger charge is -2.26. The summed E-state index contributed by atoms with van der Waals surface area (Å²) in [6.07, 6.45) is 0. The van der Waals surface area contributed by atoms with Gasteiger partial charge < -0.3 is 15.5 Å². The molecule has 1 aromatic carbocycles. The van der Waals surface area contributed by atoms with E-state index in [1.807, 2.05) is 24.3 Å². The lowest BCUT2D eigenvalue weighted by molar-refractivity contribution is -0.865. The van der Waals surface area contributed by atoms with Gasteiger partial charge in [-0.2, -0.15) is 0 Å².